The van der Waals surface area contributed by atoms with Crippen molar-refractivity contribution in [2.45, 2.75) is 68.1 Å². The molecule has 0 bridgehead atoms. The average molecular weight is 532 g/mol. The monoisotopic (exact) mass is 531 g/mol. The van der Waals surface area contributed by atoms with Crippen LogP contribution in [-0.2, 0) is 24.4 Å². The lowest BCUT2D eigenvalue weighted by Gasteiger charge is -2.02. The molecule has 0 amide bonds. The van der Waals surface area contributed by atoms with Gasteiger partial charge in [0.1, 0.15) is 22.5 Å². The van der Waals surface area contributed by atoms with Crippen molar-refractivity contribution in [1.29, 1.82) is 5.26 Å². The predicted octanol–water partition coefficient (Wildman–Crippen LogP) is 3.86. The van der Waals surface area contributed by atoms with Crippen molar-refractivity contribution in [3.05, 3.63) is 52.4 Å². The van der Waals surface area contributed by atoms with E-state index in [1.807, 2.05) is 34.6 Å². The Hall–Kier alpha value is -3.92. The molecule has 0 aliphatic carbocycles. The summed E-state index contributed by atoms with van der Waals surface area (Å²) in [6.07, 6.45) is 0. The number of thiocyanates is 1. The van der Waals surface area contributed by atoms with Crippen LogP contribution in [0.3, 0.4) is 0 Å². The molecule has 3 heterocycles. The number of carboxylic acid groups (broad SMARTS) is 1. The van der Waals surface area contributed by atoms with E-state index in [2.05, 4.69) is 15.3 Å². The van der Waals surface area contributed by atoms with E-state index >= 15 is 0 Å². The van der Waals surface area contributed by atoms with Crippen molar-refractivity contribution in [2.75, 3.05) is 6.61 Å². The quantitative estimate of drug-likeness (QED) is 0.350. The van der Waals surface area contributed by atoms with E-state index in [9.17, 15) is 14.4 Å². The van der Waals surface area contributed by atoms with Crippen molar-refractivity contribution >= 4 is 28.8 Å². The standard InChI is InChI=1S/C9H14N2O2.C8H9N3OS.C7H10N2O2/c1-4-11-8(6-7(3)10-11)9(12)13-5-2;1-3-11-7(4-6(2)10-11)8(12)13-5-9;1-3-9-6(7(10)11)4-5(2)8-9/h6H,4-5H2,1-3H3;4H,3H2,1-2H3;4H,3H2,1-2H3,(H,10,11). The number of carbonyl (C=O) groups is 3. The first-order chi connectivity index (χ1) is 17.5. The number of aryl methyl sites for hydroxylation is 6. The lowest BCUT2D eigenvalue weighted by Crippen LogP contribution is -2.12. The third-order valence-corrected chi connectivity index (χ3v) is 5.14. The van der Waals surface area contributed by atoms with E-state index in [0.717, 1.165) is 17.1 Å². The van der Waals surface area contributed by atoms with E-state index in [1.54, 1.807) is 46.8 Å². The zero-order valence-electron chi connectivity index (χ0n) is 22.2. The number of hydrogen-bond acceptors (Lipinski definition) is 9. The average Bonchev–Trinajstić information content (AvgIpc) is 3.55. The number of carboxylic acids is 1. The molecular formula is C24H33N7O5S. The van der Waals surface area contributed by atoms with E-state index in [4.69, 9.17) is 15.1 Å². The highest BCUT2D eigenvalue weighted by atomic mass is 32.2. The second kappa shape index (κ2) is 15.2. The maximum absolute atomic E-state index is 11.4. The summed E-state index contributed by atoms with van der Waals surface area (Å²) in [5, 5.41) is 30.7. The Kier molecular flexibility index (Phi) is 12.8. The number of aromatic nitrogens is 6. The van der Waals surface area contributed by atoms with Gasteiger partial charge in [0.15, 0.2) is 0 Å². The minimum absolute atomic E-state index is 0.245. The van der Waals surface area contributed by atoms with Crippen molar-refractivity contribution in [3.63, 3.8) is 0 Å². The van der Waals surface area contributed by atoms with Crippen LogP contribution in [0.15, 0.2) is 18.2 Å². The van der Waals surface area contributed by atoms with E-state index in [-0.39, 0.29) is 16.8 Å². The van der Waals surface area contributed by atoms with Crippen LogP contribution in [0.1, 0.15) is 76.2 Å². The minimum atomic E-state index is -0.924. The lowest BCUT2D eigenvalue weighted by molar-refractivity contribution is 0.0511. The smallest absolute Gasteiger partial charge is 0.356 e. The summed E-state index contributed by atoms with van der Waals surface area (Å²) in [4.78, 5) is 33.2. The molecular weight excluding hydrogens is 498 g/mol. The summed E-state index contributed by atoms with van der Waals surface area (Å²) < 4.78 is 9.60. The fourth-order valence-electron chi connectivity index (χ4n) is 3.16. The molecule has 0 spiro atoms. The van der Waals surface area contributed by atoms with Crippen LogP contribution in [0.25, 0.3) is 0 Å². The fourth-order valence-corrected chi connectivity index (χ4v) is 3.51. The van der Waals surface area contributed by atoms with Crippen LogP contribution < -0.4 is 0 Å². The number of nitriles is 1. The molecule has 200 valence electrons. The van der Waals surface area contributed by atoms with Crippen LogP contribution in [0, 0.1) is 31.4 Å². The van der Waals surface area contributed by atoms with Gasteiger partial charge in [-0.15, -0.1) is 0 Å². The Balaban J connectivity index is 0.000000279. The molecule has 3 rings (SSSR count). The zero-order valence-corrected chi connectivity index (χ0v) is 23.0. The van der Waals surface area contributed by atoms with Gasteiger partial charge in [0.2, 0.25) is 0 Å². The van der Waals surface area contributed by atoms with E-state index in [0.29, 0.717) is 49.4 Å². The Labute approximate surface area is 220 Å². The van der Waals surface area contributed by atoms with Crippen LogP contribution in [0.4, 0.5) is 0 Å². The zero-order chi connectivity index (χ0) is 28.1. The first kappa shape index (κ1) is 31.1. The maximum Gasteiger partial charge on any atom is 0.356 e. The van der Waals surface area contributed by atoms with Gasteiger partial charge in [0.05, 0.1) is 23.7 Å². The summed E-state index contributed by atoms with van der Waals surface area (Å²) in [5.74, 6) is -1.22. The Morgan fingerprint density at radius 3 is 1.62 bits per heavy atom. The first-order valence-electron chi connectivity index (χ1n) is 11.7. The summed E-state index contributed by atoms with van der Waals surface area (Å²) in [6.45, 7) is 15.3. The first-order valence-corrected chi connectivity index (χ1v) is 12.5. The Bertz CT molecular complexity index is 1250. The van der Waals surface area contributed by atoms with Gasteiger partial charge in [-0.3, -0.25) is 18.8 Å². The summed E-state index contributed by atoms with van der Waals surface area (Å²) in [6, 6.07) is 4.99. The van der Waals surface area contributed by atoms with E-state index in [1.165, 1.54) is 4.68 Å². The number of rotatable bonds is 7. The molecule has 12 nitrogen and oxygen atoms in total. The van der Waals surface area contributed by atoms with Crippen LogP contribution in [0.2, 0.25) is 0 Å². The highest BCUT2D eigenvalue weighted by Gasteiger charge is 2.14. The molecule has 0 saturated heterocycles. The van der Waals surface area contributed by atoms with Gasteiger partial charge in [-0.05, 0) is 66.7 Å². The molecule has 0 aliphatic heterocycles. The Morgan fingerprint density at radius 1 is 0.838 bits per heavy atom. The molecule has 0 atom stereocenters. The van der Waals surface area contributed by atoms with Gasteiger partial charge >= 0.3 is 11.9 Å². The fraction of sp³-hybridized carbons (Fsp3) is 0.458. The third-order valence-electron chi connectivity index (χ3n) is 4.66. The maximum atomic E-state index is 11.4. The molecule has 0 aliphatic rings. The van der Waals surface area contributed by atoms with Gasteiger partial charge in [0, 0.05) is 31.4 Å². The van der Waals surface area contributed by atoms with Gasteiger partial charge in [-0.1, -0.05) is 0 Å². The summed E-state index contributed by atoms with van der Waals surface area (Å²) in [7, 11) is 0. The third kappa shape index (κ3) is 9.23. The van der Waals surface area contributed by atoms with Crippen molar-refractivity contribution < 1.29 is 24.2 Å². The second-order valence-corrected chi connectivity index (χ2v) is 8.22. The molecule has 3 aromatic rings. The van der Waals surface area contributed by atoms with Gasteiger partial charge < -0.3 is 9.84 Å². The molecule has 37 heavy (non-hydrogen) atoms. The number of esters is 1. The normalized spacial score (nSPS) is 9.89. The molecule has 0 unspecified atom stereocenters. The van der Waals surface area contributed by atoms with Gasteiger partial charge in [0.25, 0.3) is 5.12 Å². The number of hydrogen-bond donors (Lipinski definition) is 1. The molecule has 0 radical (unpaired) electrons. The number of nitrogens with zero attached hydrogens (tertiary/aromatic N) is 7. The molecule has 13 heteroatoms. The molecule has 0 aromatic carbocycles. The topological polar surface area (TPSA) is 158 Å². The largest absolute Gasteiger partial charge is 0.477 e. The van der Waals surface area contributed by atoms with Crippen molar-refractivity contribution in [1.82, 2.24) is 29.3 Å². The van der Waals surface area contributed by atoms with Gasteiger partial charge in [-0.2, -0.15) is 20.6 Å². The number of aromatic carboxylic acids is 1. The Morgan fingerprint density at radius 2 is 1.24 bits per heavy atom. The minimum Gasteiger partial charge on any atom is -0.477 e. The van der Waals surface area contributed by atoms with Crippen molar-refractivity contribution in [3.8, 4) is 5.40 Å². The number of thioether (sulfide) groups is 1. The summed E-state index contributed by atoms with van der Waals surface area (Å²) >= 11 is 0.633. The van der Waals surface area contributed by atoms with E-state index < -0.39 is 5.97 Å². The molecule has 0 saturated carbocycles. The summed E-state index contributed by atoms with van der Waals surface area (Å²) in [5.41, 5.74) is 3.65. The predicted molar refractivity (Wildman–Crippen MR) is 138 cm³/mol. The highest BCUT2D eigenvalue weighted by molar-refractivity contribution is 8.18. The van der Waals surface area contributed by atoms with Crippen LogP contribution >= 0.6 is 11.8 Å². The van der Waals surface area contributed by atoms with Crippen LogP contribution in [-0.4, -0.2) is 58.1 Å². The highest BCUT2D eigenvalue weighted by Crippen LogP contribution is 2.12. The van der Waals surface area contributed by atoms with Crippen LogP contribution in [0.5, 0.6) is 0 Å². The van der Waals surface area contributed by atoms with Crippen molar-refractivity contribution in [2.24, 2.45) is 0 Å². The molecule has 1 N–H and O–H groups in total. The SMILES string of the molecule is CCOC(=O)c1cc(C)nn1CC.CCn1nc(C)cc1C(=O)O.CCn1nc(C)cc1C(=O)SC#N. The molecule has 3 aromatic heterocycles. The molecule has 0 fully saturated rings. The second-order valence-electron chi connectivity index (χ2n) is 7.47. The lowest BCUT2D eigenvalue weighted by atomic mass is 10.4. The number of ether oxygens (including phenoxy) is 1. The number of carbonyl (C=O) groups excluding carboxylic acids is 2. The van der Waals surface area contributed by atoms with Gasteiger partial charge in [-0.25, -0.2) is 9.59 Å².